The molecule has 0 fully saturated rings. The Kier molecular flexibility index (Phi) is 14.4. The van der Waals surface area contributed by atoms with Gasteiger partial charge >= 0.3 is 0 Å². The van der Waals surface area contributed by atoms with Gasteiger partial charge < -0.3 is 10.5 Å². The summed E-state index contributed by atoms with van der Waals surface area (Å²) in [6, 6.07) is 7.72. The van der Waals surface area contributed by atoms with Crippen LogP contribution in [0.5, 0.6) is 5.75 Å². The van der Waals surface area contributed by atoms with Crippen molar-refractivity contribution in [1.82, 2.24) is 0 Å². The third kappa shape index (κ3) is 10.7. The Hall–Kier alpha value is -1.51. The van der Waals surface area contributed by atoms with Gasteiger partial charge in [-0.2, -0.15) is 0 Å². The maximum absolute atomic E-state index is 11.9. The Morgan fingerprint density at radius 3 is 1.75 bits per heavy atom. The molecule has 3 heteroatoms. The zero-order chi connectivity index (χ0) is 20.5. The van der Waals surface area contributed by atoms with Crippen molar-refractivity contribution in [2.75, 3.05) is 7.11 Å². The normalized spacial score (nSPS) is 12.1. The van der Waals surface area contributed by atoms with E-state index < -0.39 is 0 Å². The summed E-state index contributed by atoms with van der Waals surface area (Å²) in [7, 11) is 1.64. The number of benzene rings is 1. The molecule has 1 amide bonds. The number of nitrogens with two attached hydrogens (primary N) is 1. The standard InChI is InChI=1S/C25H43NO2/c1-3-4-5-6-7-8-9-10-11-12-13-14-15-16-20-23(25(26)27)22-19-17-18-21-24(22)28-2/h17-19,21,23H,3-16,20H2,1-2H3,(H2,26,27). The van der Waals surface area contributed by atoms with Gasteiger partial charge in [-0.3, -0.25) is 4.79 Å². The molecule has 0 radical (unpaired) electrons. The average molecular weight is 390 g/mol. The number of primary amides is 1. The molecule has 0 aliphatic rings. The molecule has 1 atom stereocenters. The van der Waals surface area contributed by atoms with Gasteiger partial charge in [-0.1, -0.05) is 115 Å². The Morgan fingerprint density at radius 2 is 1.29 bits per heavy atom. The maximum Gasteiger partial charge on any atom is 0.225 e. The molecule has 1 aromatic carbocycles. The molecule has 0 aliphatic carbocycles. The fourth-order valence-corrected chi connectivity index (χ4v) is 3.95. The van der Waals surface area contributed by atoms with E-state index >= 15 is 0 Å². The lowest BCUT2D eigenvalue weighted by Gasteiger charge is -2.16. The molecule has 0 bridgehead atoms. The number of unbranched alkanes of at least 4 members (excludes halogenated alkanes) is 13. The second-order valence-electron chi connectivity index (χ2n) is 8.08. The van der Waals surface area contributed by atoms with Crippen LogP contribution in [0, 0.1) is 0 Å². The summed E-state index contributed by atoms with van der Waals surface area (Å²) in [5.74, 6) is 0.268. The maximum atomic E-state index is 11.9. The van der Waals surface area contributed by atoms with Crippen molar-refractivity contribution < 1.29 is 9.53 Å². The van der Waals surface area contributed by atoms with E-state index in [1.807, 2.05) is 24.3 Å². The summed E-state index contributed by atoms with van der Waals surface area (Å²) < 4.78 is 5.39. The van der Waals surface area contributed by atoms with Crippen LogP contribution in [-0.4, -0.2) is 13.0 Å². The van der Waals surface area contributed by atoms with Gasteiger partial charge in [0.2, 0.25) is 5.91 Å². The van der Waals surface area contributed by atoms with Crippen molar-refractivity contribution in [3.8, 4) is 5.75 Å². The molecule has 3 nitrogen and oxygen atoms in total. The molecule has 28 heavy (non-hydrogen) atoms. The number of hydrogen-bond acceptors (Lipinski definition) is 2. The molecule has 160 valence electrons. The minimum absolute atomic E-state index is 0.242. The van der Waals surface area contributed by atoms with Crippen LogP contribution in [0.1, 0.15) is 115 Å². The number of carbonyl (C=O) groups excluding carboxylic acids is 1. The average Bonchev–Trinajstić information content (AvgIpc) is 2.70. The van der Waals surface area contributed by atoms with E-state index in [4.69, 9.17) is 10.5 Å². The Labute approximate surface area is 173 Å². The lowest BCUT2D eigenvalue weighted by molar-refractivity contribution is -0.119. The van der Waals surface area contributed by atoms with Gasteiger partial charge in [-0.05, 0) is 12.5 Å². The van der Waals surface area contributed by atoms with Crippen molar-refractivity contribution in [2.45, 2.75) is 109 Å². The van der Waals surface area contributed by atoms with Crippen molar-refractivity contribution >= 4 is 5.91 Å². The van der Waals surface area contributed by atoms with Gasteiger partial charge in [0.1, 0.15) is 5.75 Å². The highest BCUT2D eigenvalue weighted by Crippen LogP contribution is 2.30. The zero-order valence-electron chi connectivity index (χ0n) is 18.4. The van der Waals surface area contributed by atoms with Crippen molar-refractivity contribution in [3.05, 3.63) is 29.8 Å². The SMILES string of the molecule is CCCCCCCCCCCCCCCCC(C(N)=O)c1ccccc1OC. The first-order valence-electron chi connectivity index (χ1n) is 11.6. The van der Waals surface area contributed by atoms with E-state index in [1.54, 1.807) is 7.11 Å². The van der Waals surface area contributed by atoms with Crippen molar-refractivity contribution in [3.63, 3.8) is 0 Å². The number of para-hydroxylation sites is 1. The number of ether oxygens (including phenoxy) is 1. The van der Waals surface area contributed by atoms with E-state index in [1.165, 1.54) is 83.5 Å². The topological polar surface area (TPSA) is 52.3 Å². The fraction of sp³-hybridized carbons (Fsp3) is 0.720. The first kappa shape index (κ1) is 24.5. The first-order chi connectivity index (χ1) is 13.7. The fourth-order valence-electron chi connectivity index (χ4n) is 3.95. The predicted molar refractivity (Wildman–Crippen MR) is 120 cm³/mol. The molecule has 0 spiro atoms. The van der Waals surface area contributed by atoms with E-state index in [0.29, 0.717) is 0 Å². The van der Waals surface area contributed by atoms with Gasteiger partial charge in [0, 0.05) is 5.56 Å². The molecule has 1 rings (SSSR count). The van der Waals surface area contributed by atoms with Gasteiger partial charge in [0.15, 0.2) is 0 Å². The summed E-state index contributed by atoms with van der Waals surface area (Å²) in [4.78, 5) is 11.9. The van der Waals surface area contributed by atoms with Gasteiger partial charge in [-0.15, -0.1) is 0 Å². The Bertz CT molecular complexity index is 515. The lowest BCUT2D eigenvalue weighted by Crippen LogP contribution is -2.22. The number of rotatable bonds is 18. The van der Waals surface area contributed by atoms with Crippen LogP contribution in [0.3, 0.4) is 0 Å². The largest absolute Gasteiger partial charge is 0.496 e. The van der Waals surface area contributed by atoms with Crippen LogP contribution in [0.25, 0.3) is 0 Å². The monoisotopic (exact) mass is 389 g/mol. The Morgan fingerprint density at radius 1 is 0.821 bits per heavy atom. The van der Waals surface area contributed by atoms with Crippen LogP contribution in [-0.2, 0) is 4.79 Å². The zero-order valence-corrected chi connectivity index (χ0v) is 18.4. The summed E-state index contributed by atoms with van der Waals surface area (Å²) >= 11 is 0. The highest BCUT2D eigenvalue weighted by atomic mass is 16.5. The molecule has 2 N–H and O–H groups in total. The summed E-state index contributed by atoms with van der Waals surface area (Å²) in [5.41, 5.74) is 6.58. The highest BCUT2D eigenvalue weighted by Gasteiger charge is 2.20. The van der Waals surface area contributed by atoms with Gasteiger partial charge in [0.05, 0.1) is 13.0 Å². The van der Waals surface area contributed by atoms with Crippen molar-refractivity contribution in [2.24, 2.45) is 5.73 Å². The molecule has 0 saturated heterocycles. The summed E-state index contributed by atoms with van der Waals surface area (Å²) in [6.45, 7) is 2.27. The second kappa shape index (κ2) is 16.4. The number of hydrogen-bond donors (Lipinski definition) is 1. The highest BCUT2D eigenvalue weighted by molar-refractivity contribution is 5.82. The minimum Gasteiger partial charge on any atom is -0.496 e. The molecule has 0 aromatic heterocycles. The first-order valence-corrected chi connectivity index (χ1v) is 11.6. The number of carbonyl (C=O) groups is 1. The molecule has 1 unspecified atom stereocenters. The quantitative estimate of drug-likeness (QED) is 0.271. The van der Waals surface area contributed by atoms with E-state index in [0.717, 1.165) is 24.2 Å². The van der Waals surface area contributed by atoms with Crippen LogP contribution < -0.4 is 10.5 Å². The number of amides is 1. The minimum atomic E-state index is -0.251. The van der Waals surface area contributed by atoms with Crippen LogP contribution in [0.2, 0.25) is 0 Å². The predicted octanol–water partition coefficient (Wildman–Crippen LogP) is 7.14. The van der Waals surface area contributed by atoms with Crippen molar-refractivity contribution in [1.29, 1.82) is 0 Å². The van der Waals surface area contributed by atoms with Crippen LogP contribution >= 0.6 is 0 Å². The summed E-state index contributed by atoms with van der Waals surface area (Å²) in [6.07, 6.45) is 19.6. The van der Waals surface area contributed by atoms with Gasteiger partial charge in [-0.25, -0.2) is 0 Å². The summed E-state index contributed by atoms with van der Waals surface area (Å²) in [5, 5.41) is 0. The van der Waals surface area contributed by atoms with E-state index in [2.05, 4.69) is 6.92 Å². The molecular weight excluding hydrogens is 346 g/mol. The second-order valence-corrected chi connectivity index (χ2v) is 8.08. The van der Waals surface area contributed by atoms with Crippen LogP contribution in [0.15, 0.2) is 24.3 Å². The van der Waals surface area contributed by atoms with E-state index in [9.17, 15) is 4.79 Å². The molecule has 1 aromatic rings. The number of methoxy groups -OCH3 is 1. The third-order valence-electron chi connectivity index (χ3n) is 5.70. The lowest BCUT2D eigenvalue weighted by atomic mass is 9.91. The van der Waals surface area contributed by atoms with Crippen LogP contribution in [0.4, 0.5) is 0 Å². The molecule has 0 heterocycles. The van der Waals surface area contributed by atoms with E-state index in [-0.39, 0.29) is 11.8 Å². The smallest absolute Gasteiger partial charge is 0.225 e. The van der Waals surface area contributed by atoms with Gasteiger partial charge in [0.25, 0.3) is 0 Å². The Balaban J connectivity index is 2.06. The molecule has 0 saturated carbocycles. The molecular formula is C25H43NO2. The molecule has 0 aliphatic heterocycles. The third-order valence-corrected chi connectivity index (χ3v) is 5.70.